The Hall–Kier alpha value is -3.29. The van der Waals surface area contributed by atoms with Crippen LogP contribution in [0.25, 0.3) is 22.6 Å². The number of anilines is 1. The quantitative estimate of drug-likeness (QED) is 0.546. The number of nitro groups is 1. The molecule has 134 valence electrons. The van der Waals surface area contributed by atoms with Crippen molar-refractivity contribution < 1.29 is 4.92 Å². The lowest BCUT2D eigenvalue weighted by Gasteiger charge is -2.18. The highest BCUT2D eigenvalue weighted by atomic mass is 16.6. The summed E-state index contributed by atoms with van der Waals surface area (Å²) in [7, 11) is 0. The highest BCUT2D eigenvalue weighted by molar-refractivity contribution is 5.78. The number of aromatic nitrogens is 4. The van der Waals surface area contributed by atoms with Crippen LogP contribution in [0.15, 0.2) is 36.4 Å². The molecule has 0 unspecified atom stereocenters. The zero-order chi connectivity index (χ0) is 18.9. The summed E-state index contributed by atoms with van der Waals surface area (Å²) in [4.78, 5) is 15.2. The number of nitrogens with zero attached hydrogens (tertiary/aromatic N) is 4. The fourth-order valence-electron chi connectivity index (χ4n) is 2.86. The Morgan fingerprint density at radius 3 is 2.42 bits per heavy atom. The van der Waals surface area contributed by atoms with Gasteiger partial charge in [0.25, 0.3) is 0 Å². The number of pyridine rings is 1. The molecule has 3 aromatic rings. The summed E-state index contributed by atoms with van der Waals surface area (Å²) in [6, 6.07) is 11.2. The van der Waals surface area contributed by atoms with Gasteiger partial charge in [0.1, 0.15) is 11.4 Å². The van der Waals surface area contributed by atoms with Gasteiger partial charge in [-0.3, -0.25) is 10.1 Å². The van der Waals surface area contributed by atoms with Crippen molar-refractivity contribution in [2.24, 2.45) is 5.41 Å². The number of nitrogens with one attached hydrogen (secondary N) is 1. The van der Waals surface area contributed by atoms with E-state index in [0.29, 0.717) is 29.1 Å². The van der Waals surface area contributed by atoms with Crippen LogP contribution in [0.3, 0.4) is 0 Å². The lowest BCUT2D eigenvalue weighted by atomic mass is 9.87. The Morgan fingerprint density at radius 1 is 1.15 bits per heavy atom. The van der Waals surface area contributed by atoms with Crippen molar-refractivity contribution in [3.8, 4) is 22.6 Å². The van der Waals surface area contributed by atoms with Crippen LogP contribution in [-0.2, 0) is 6.42 Å². The number of nitrogen functional groups attached to an aromatic ring is 1. The molecule has 0 fully saturated rings. The molecule has 0 bridgehead atoms. The van der Waals surface area contributed by atoms with Gasteiger partial charge >= 0.3 is 5.69 Å². The summed E-state index contributed by atoms with van der Waals surface area (Å²) in [5.74, 6) is -0.117. The second kappa shape index (κ2) is 6.55. The number of benzene rings is 1. The average Bonchev–Trinajstić information content (AvgIpc) is 3.02. The van der Waals surface area contributed by atoms with Crippen LogP contribution in [0.2, 0.25) is 0 Å². The number of rotatable bonds is 4. The van der Waals surface area contributed by atoms with Crippen LogP contribution in [0.4, 0.5) is 11.5 Å². The van der Waals surface area contributed by atoms with E-state index in [1.807, 2.05) is 51.1 Å². The molecule has 0 aliphatic carbocycles. The zero-order valence-corrected chi connectivity index (χ0v) is 14.9. The van der Waals surface area contributed by atoms with Gasteiger partial charge in [0.05, 0.1) is 10.6 Å². The molecule has 0 amide bonds. The monoisotopic (exact) mass is 352 g/mol. The van der Waals surface area contributed by atoms with Gasteiger partial charge in [-0.25, -0.2) is 4.98 Å². The van der Waals surface area contributed by atoms with E-state index in [0.717, 1.165) is 5.56 Å². The smallest absolute Gasteiger partial charge is 0.314 e. The van der Waals surface area contributed by atoms with Gasteiger partial charge in [-0.2, -0.15) is 15.4 Å². The molecule has 0 saturated carbocycles. The second-order valence-corrected chi connectivity index (χ2v) is 7.28. The van der Waals surface area contributed by atoms with Crippen molar-refractivity contribution in [2.45, 2.75) is 27.2 Å². The number of aromatic amines is 1. The molecule has 0 aliphatic rings. The first-order valence-electron chi connectivity index (χ1n) is 8.16. The lowest BCUT2D eigenvalue weighted by Crippen LogP contribution is -2.13. The number of hydrogen-bond acceptors (Lipinski definition) is 6. The zero-order valence-electron chi connectivity index (χ0n) is 14.9. The first-order valence-corrected chi connectivity index (χ1v) is 8.16. The number of H-pyrrole nitrogens is 1. The normalized spacial score (nSPS) is 11.5. The van der Waals surface area contributed by atoms with E-state index in [2.05, 4.69) is 20.4 Å². The maximum absolute atomic E-state index is 11.5. The first kappa shape index (κ1) is 17.5. The molecule has 8 heteroatoms. The summed E-state index contributed by atoms with van der Waals surface area (Å²) < 4.78 is 0. The minimum Gasteiger partial charge on any atom is -0.378 e. The number of nitrogens with two attached hydrogens (primary N) is 1. The fraction of sp³-hybridized carbons (Fsp3) is 0.278. The van der Waals surface area contributed by atoms with Crippen molar-refractivity contribution in [1.29, 1.82) is 0 Å². The highest BCUT2D eigenvalue weighted by Crippen LogP contribution is 2.35. The van der Waals surface area contributed by atoms with E-state index >= 15 is 0 Å². The molecule has 8 nitrogen and oxygen atoms in total. The molecule has 0 aliphatic heterocycles. The van der Waals surface area contributed by atoms with Crippen LogP contribution in [0.5, 0.6) is 0 Å². The lowest BCUT2D eigenvalue weighted by molar-refractivity contribution is -0.384. The van der Waals surface area contributed by atoms with Gasteiger partial charge in [-0.15, -0.1) is 0 Å². The van der Waals surface area contributed by atoms with Crippen molar-refractivity contribution in [1.82, 2.24) is 20.4 Å². The van der Waals surface area contributed by atoms with Crippen molar-refractivity contribution in [3.05, 3.63) is 52.1 Å². The molecule has 1 aromatic carbocycles. The molecule has 0 saturated heterocycles. The van der Waals surface area contributed by atoms with Gasteiger partial charge in [0, 0.05) is 11.1 Å². The van der Waals surface area contributed by atoms with Gasteiger partial charge in [0.15, 0.2) is 0 Å². The predicted molar refractivity (Wildman–Crippen MR) is 99.3 cm³/mol. The first-order chi connectivity index (χ1) is 12.3. The molecule has 2 heterocycles. The minimum atomic E-state index is -0.478. The summed E-state index contributed by atoms with van der Waals surface area (Å²) in [5.41, 5.74) is 8.62. The van der Waals surface area contributed by atoms with Crippen molar-refractivity contribution in [3.63, 3.8) is 0 Å². The third-order valence-corrected chi connectivity index (χ3v) is 3.84. The molecular formula is C18H20N6O2. The van der Waals surface area contributed by atoms with E-state index in [9.17, 15) is 10.1 Å². The van der Waals surface area contributed by atoms with Crippen molar-refractivity contribution >= 4 is 11.5 Å². The number of hydrogen-bond donors (Lipinski definition) is 2. The maximum atomic E-state index is 11.5. The molecule has 2 aromatic heterocycles. The average molecular weight is 352 g/mol. The van der Waals surface area contributed by atoms with Gasteiger partial charge in [-0.1, -0.05) is 51.1 Å². The Bertz CT molecular complexity index is 944. The molecule has 3 N–H and O–H groups in total. The SMILES string of the molecule is CC(C)(C)Cc1cc(-c2n[nH]nc2-c2ccccc2)nc(N)c1[N+](=O)[O-]. The summed E-state index contributed by atoms with van der Waals surface area (Å²) in [5, 5.41) is 22.5. The van der Waals surface area contributed by atoms with Gasteiger partial charge < -0.3 is 5.73 Å². The van der Waals surface area contributed by atoms with E-state index in [-0.39, 0.29) is 16.9 Å². The van der Waals surface area contributed by atoms with Crippen LogP contribution in [0, 0.1) is 15.5 Å². The van der Waals surface area contributed by atoms with Crippen LogP contribution in [-0.4, -0.2) is 25.3 Å². The molecular weight excluding hydrogens is 332 g/mol. The van der Waals surface area contributed by atoms with E-state index in [1.54, 1.807) is 6.07 Å². The van der Waals surface area contributed by atoms with Gasteiger partial charge in [0.2, 0.25) is 5.82 Å². The summed E-state index contributed by atoms with van der Waals surface area (Å²) in [6.45, 7) is 6.04. The fourth-order valence-corrected chi connectivity index (χ4v) is 2.86. The molecule has 0 radical (unpaired) electrons. The standard InChI is InChI=1S/C18H20N6O2/c1-18(2,3)10-12-9-13(20-17(19)16(12)24(25)26)15-14(21-23-22-15)11-7-5-4-6-8-11/h4-9H,10H2,1-3H3,(H2,19,20)(H,21,22,23). The summed E-state index contributed by atoms with van der Waals surface area (Å²) >= 11 is 0. The Labute approximate surface area is 150 Å². The van der Waals surface area contributed by atoms with Crippen LogP contribution >= 0.6 is 0 Å². The second-order valence-electron chi connectivity index (χ2n) is 7.28. The van der Waals surface area contributed by atoms with Gasteiger partial charge in [-0.05, 0) is 17.9 Å². The van der Waals surface area contributed by atoms with Crippen LogP contribution < -0.4 is 5.73 Å². The predicted octanol–water partition coefficient (Wildman–Crippen LogP) is 3.61. The Kier molecular flexibility index (Phi) is 4.41. The summed E-state index contributed by atoms with van der Waals surface area (Å²) in [6.07, 6.45) is 0.488. The highest BCUT2D eigenvalue weighted by Gasteiger charge is 2.26. The van der Waals surface area contributed by atoms with E-state index in [4.69, 9.17) is 5.73 Å². The van der Waals surface area contributed by atoms with E-state index in [1.165, 1.54) is 0 Å². The third kappa shape index (κ3) is 3.53. The molecule has 26 heavy (non-hydrogen) atoms. The maximum Gasteiger partial charge on any atom is 0.314 e. The minimum absolute atomic E-state index is 0.117. The van der Waals surface area contributed by atoms with E-state index < -0.39 is 4.92 Å². The topological polar surface area (TPSA) is 124 Å². The molecule has 0 atom stereocenters. The van der Waals surface area contributed by atoms with Crippen LogP contribution in [0.1, 0.15) is 26.3 Å². The molecule has 3 rings (SSSR count). The molecule has 0 spiro atoms. The Balaban J connectivity index is 2.16. The van der Waals surface area contributed by atoms with Crippen molar-refractivity contribution in [2.75, 3.05) is 5.73 Å². The third-order valence-electron chi connectivity index (χ3n) is 3.84. The Morgan fingerprint density at radius 2 is 1.81 bits per heavy atom. The largest absolute Gasteiger partial charge is 0.378 e.